The normalized spacial score (nSPS) is 23.1. The Bertz CT molecular complexity index is 407. The third kappa shape index (κ3) is 3.62. The average molecular weight is 289 g/mol. The number of hydrogen-bond acceptors (Lipinski definition) is 6. The van der Waals surface area contributed by atoms with Gasteiger partial charge in [-0.25, -0.2) is 0 Å². The molecule has 2 rings (SSSR count). The first-order valence-corrected chi connectivity index (χ1v) is 7.47. The summed E-state index contributed by atoms with van der Waals surface area (Å²) in [5, 5.41) is 4.20. The van der Waals surface area contributed by atoms with Gasteiger partial charge in [0.15, 0.2) is 0 Å². The molecule has 1 heterocycles. The van der Waals surface area contributed by atoms with Crippen LogP contribution in [0.2, 0.25) is 5.28 Å². The Balaban J connectivity index is 1.95. The van der Waals surface area contributed by atoms with E-state index in [-0.39, 0.29) is 11.3 Å². The summed E-state index contributed by atoms with van der Waals surface area (Å²) in [4.78, 5) is 12.0. The number of ether oxygens (including phenoxy) is 1. The third-order valence-corrected chi connectivity index (χ3v) is 4.29. The Labute approximate surface area is 116 Å². The highest BCUT2D eigenvalue weighted by molar-refractivity contribution is 7.99. The first-order valence-electron chi connectivity index (χ1n) is 6.05. The van der Waals surface area contributed by atoms with Crippen molar-refractivity contribution in [2.24, 2.45) is 0 Å². The van der Waals surface area contributed by atoms with E-state index in [1.165, 1.54) is 19.3 Å². The van der Waals surface area contributed by atoms with Crippen molar-refractivity contribution in [2.75, 3.05) is 18.2 Å². The quantitative estimate of drug-likeness (QED) is 0.899. The summed E-state index contributed by atoms with van der Waals surface area (Å²) in [6.07, 6.45) is 3.53. The number of halogens is 1. The number of nitrogens with one attached hydrogen (secondary N) is 1. The third-order valence-electron chi connectivity index (χ3n) is 2.89. The molecule has 0 bridgehead atoms. The second-order valence-electron chi connectivity index (χ2n) is 4.15. The maximum Gasteiger partial charge on any atom is 0.322 e. The molecule has 1 aromatic heterocycles. The summed E-state index contributed by atoms with van der Waals surface area (Å²) in [6, 6.07) is 0.659. The Morgan fingerprint density at radius 3 is 2.94 bits per heavy atom. The van der Waals surface area contributed by atoms with Gasteiger partial charge in [0, 0.05) is 11.3 Å². The van der Waals surface area contributed by atoms with E-state index in [0.29, 0.717) is 12.0 Å². The van der Waals surface area contributed by atoms with Crippen molar-refractivity contribution in [1.82, 2.24) is 15.0 Å². The van der Waals surface area contributed by atoms with Gasteiger partial charge in [0.1, 0.15) is 0 Å². The monoisotopic (exact) mass is 288 g/mol. The molecule has 1 aliphatic rings. The van der Waals surface area contributed by atoms with Crippen LogP contribution in [0.15, 0.2) is 0 Å². The van der Waals surface area contributed by atoms with Gasteiger partial charge in [0.25, 0.3) is 0 Å². The van der Waals surface area contributed by atoms with Crippen LogP contribution in [0.25, 0.3) is 0 Å². The van der Waals surface area contributed by atoms with E-state index in [1.807, 2.05) is 11.8 Å². The molecule has 0 aromatic carbocycles. The summed E-state index contributed by atoms with van der Waals surface area (Å²) in [7, 11) is 1.51. The fraction of sp³-hybridized carbons (Fsp3) is 0.727. The lowest BCUT2D eigenvalue weighted by molar-refractivity contribution is 0.378. The van der Waals surface area contributed by atoms with Gasteiger partial charge in [0.05, 0.1) is 7.11 Å². The first kappa shape index (κ1) is 13.7. The van der Waals surface area contributed by atoms with Crippen LogP contribution in [0, 0.1) is 0 Å². The number of hydrogen-bond donors (Lipinski definition) is 1. The van der Waals surface area contributed by atoms with Gasteiger partial charge in [-0.2, -0.15) is 26.7 Å². The summed E-state index contributed by atoms with van der Waals surface area (Å²) in [5.74, 6) is 1.67. The smallest absolute Gasteiger partial charge is 0.322 e. The number of rotatable bonds is 5. The van der Waals surface area contributed by atoms with Crippen LogP contribution in [0.5, 0.6) is 6.01 Å². The van der Waals surface area contributed by atoms with Gasteiger partial charge in [-0.3, -0.25) is 0 Å². The van der Waals surface area contributed by atoms with E-state index in [2.05, 4.69) is 27.2 Å². The van der Waals surface area contributed by atoms with Gasteiger partial charge >= 0.3 is 6.01 Å². The van der Waals surface area contributed by atoms with Crippen molar-refractivity contribution >= 4 is 29.3 Å². The molecule has 0 aliphatic heterocycles. The van der Waals surface area contributed by atoms with Gasteiger partial charge in [-0.05, 0) is 36.6 Å². The second-order valence-corrected chi connectivity index (χ2v) is 6.06. The number of methoxy groups -OCH3 is 1. The molecule has 1 fully saturated rings. The highest BCUT2D eigenvalue weighted by Gasteiger charge is 2.25. The zero-order valence-corrected chi connectivity index (χ0v) is 12.1. The van der Waals surface area contributed by atoms with E-state index in [0.717, 1.165) is 18.1 Å². The molecular formula is C11H17ClN4OS. The number of nitrogens with zero attached hydrogens (tertiary/aromatic N) is 3. The van der Waals surface area contributed by atoms with Crippen LogP contribution in [0.4, 0.5) is 5.95 Å². The highest BCUT2D eigenvalue weighted by Crippen LogP contribution is 2.31. The molecule has 5 nitrogen and oxygen atoms in total. The molecule has 0 saturated heterocycles. The zero-order valence-electron chi connectivity index (χ0n) is 10.5. The molecule has 2 unspecified atom stereocenters. The number of aromatic nitrogens is 3. The van der Waals surface area contributed by atoms with E-state index in [1.54, 1.807) is 0 Å². The van der Waals surface area contributed by atoms with Crippen molar-refractivity contribution in [1.29, 1.82) is 0 Å². The topological polar surface area (TPSA) is 59.9 Å². The molecule has 100 valence electrons. The van der Waals surface area contributed by atoms with E-state index >= 15 is 0 Å². The summed E-state index contributed by atoms with van der Waals surface area (Å²) < 4.78 is 4.97. The predicted molar refractivity (Wildman–Crippen MR) is 74.6 cm³/mol. The molecule has 1 N–H and O–H groups in total. The van der Waals surface area contributed by atoms with Crippen molar-refractivity contribution < 1.29 is 4.74 Å². The largest absolute Gasteiger partial charge is 0.467 e. The van der Waals surface area contributed by atoms with E-state index in [9.17, 15) is 0 Å². The Morgan fingerprint density at radius 2 is 2.22 bits per heavy atom. The SMILES string of the molecule is CCSC1CCC(Nc2nc(Cl)nc(OC)n2)C1. The Kier molecular flexibility index (Phi) is 4.88. The predicted octanol–water partition coefficient (Wildman–Crippen LogP) is 2.62. The van der Waals surface area contributed by atoms with Gasteiger partial charge in [-0.15, -0.1) is 0 Å². The lowest BCUT2D eigenvalue weighted by Gasteiger charge is -2.13. The van der Waals surface area contributed by atoms with Crippen LogP contribution >= 0.6 is 23.4 Å². The van der Waals surface area contributed by atoms with Crippen LogP contribution in [-0.2, 0) is 0 Å². The van der Waals surface area contributed by atoms with Crippen molar-refractivity contribution in [2.45, 2.75) is 37.5 Å². The molecule has 1 aromatic rings. The molecule has 1 aliphatic carbocycles. The minimum Gasteiger partial charge on any atom is -0.467 e. The van der Waals surface area contributed by atoms with Crippen LogP contribution in [-0.4, -0.2) is 39.1 Å². The molecule has 7 heteroatoms. The summed E-state index contributed by atoms with van der Waals surface area (Å²) in [5.41, 5.74) is 0. The van der Waals surface area contributed by atoms with Crippen LogP contribution in [0.3, 0.4) is 0 Å². The minimum atomic E-state index is 0.154. The summed E-state index contributed by atoms with van der Waals surface area (Å²) >= 11 is 7.83. The molecule has 1 saturated carbocycles. The highest BCUT2D eigenvalue weighted by atomic mass is 35.5. The van der Waals surface area contributed by atoms with E-state index in [4.69, 9.17) is 16.3 Å². The van der Waals surface area contributed by atoms with Gasteiger partial charge < -0.3 is 10.1 Å². The fourth-order valence-electron chi connectivity index (χ4n) is 2.13. The van der Waals surface area contributed by atoms with Crippen molar-refractivity contribution in [3.05, 3.63) is 5.28 Å². The minimum absolute atomic E-state index is 0.154. The zero-order chi connectivity index (χ0) is 13.0. The van der Waals surface area contributed by atoms with Gasteiger partial charge in [0.2, 0.25) is 11.2 Å². The average Bonchev–Trinajstić information content (AvgIpc) is 2.76. The Morgan fingerprint density at radius 1 is 1.39 bits per heavy atom. The Hall–Kier alpha value is -0.750. The second kappa shape index (κ2) is 6.43. The van der Waals surface area contributed by atoms with E-state index < -0.39 is 0 Å². The number of anilines is 1. The van der Waals surface area contributed by atoms with Crippen molar-refractivity contribution in [3.63, 3.8) is 0 Å². The van der Waals surface area contributed by atoms with Crippen molar-refractivity contribution in [3.8, 4) is 6.01 Å². The molecule has 0 spiro atoms. The lowest BCUT2D eigenvalue weighted by atomic mass is 10.2. The molecule has 18 heavy (non-hydrogen) atoms. The summed E-state index contributed by atoms with van der Waals surface area (Å²) in [6.45, 7) is 2.20. The van der Waals surface area contributed by atoms with Crippen LogP contribution in [0.1, 0.15) is 26.2 Å². The standard InChI is InChI=1S/C11H17ClN4OS/c1-3-18-8-5-4-7(6-8)13-10-14-9(12)15-11(16-10)17-2/h7-8H,3-6H2,1-2H3,(H,13,14,15,16). The number of thioether (sulfide) groups is 1. The lowest BCUT2D eigenvalue weighted by Crippen LogP contribution is -2.18. The first-order chi connectivity index (χ1) is 8.71. The molecular weight excluding hydrogens is 272 g/mol. The molecule has 0 amide bonds. The fourth-order valence-corrected chi connectivity index (χ4v) is 3.42. The maximum atomic E-state index is 5.81. The van der Waals surface area contributed by atoms with Gasteiger partial charge in [-0.1, -0.05) is 6.92 Å². The molecule has 2 atom stereocenters. The maximum absolute atomic E-state index is 5.81. The molecule has 0 radical (unpaired) electrons. The van der Waals surface area contributed by atoms with Crippen LogP contribution < -0.4 is 10.1 Å².